The Kier molecular flexibility index (Phi) is 4.35. The van der Waals surface area contributed by atoms with Crippen molar-refractivity contribution in [3.8, 4) is 0 Å². The number of hydrogen-bond acceptors (Lipinski definition) is 3. The minimum atomic E-state index is -0.475. The molecule has 2 unspecified atom stereocenters. The van der Waals surface area contributed by atoms with Gasteiger partial charge in [0.1, 0.15) is 0 Å². The molecule has 1 saturated heterocycles. The lowest BCUT2D eigenvalue weighted by molar-refractivity contribution is -0.0341. The Bertz CT molecular complexity index is 268. The van der Waals surface area contributed by atoms with Crippen LogP contribution in [-0.4, -0.2) is 36.0 Å². The largest absolute Gasteiger partial charge is 0.389 e. The predicted octanol–water partition coefficient (Wildman–Crippen LogP) is 2.47. The van der Waals surface area contributed by atoms with Crippen molar-refractivity contribution in [3.63, 3.8) is 0 Å². The van der Waals surface area contributed by atoms with Crippen LogP contribution in [0.25, 0.3) is 0 Å². The van der Waals surface area contributed by atoms with E-state index in [9.17, 15) is 5.11 Å². The quantitative estimate of drug-likeness (QED) is 0.814. The van der Waals surface area contributed by atoms with Crippen LogP contribution < -0.4 is 5.32 Å². The Balaban J connectivity index is 1.76. The monoisotopic (exact) mass is 255 g/mol. The highest BCUT2D eigenvalue weighted by molar-refractivity contribution is 4.91. The zero-order valence-corrected chi connectivity index (χ0v) is 12.2. The predicted molar refractivity (Wildman–Crippen MR) is 73.6 cm³/mol. The second kappa shape index (κ2) is 5.48. The van der Waals surface area contributed by atoms with Crippen LogP contribution in [0.3, 0.4) is 0 Å². The van der Waals surface area contributed by atoms with Crippen LogP contribution in [0.4, 0.5) is 0 Å². The third-order valence-corrected chi connectivity index (χ3v) is 4.74. The van der Waals surface area contributed by atoms with Gasteiger partial charge in [-0.3, -0.25) is 0 Å². The van der Waals surface area contributed by atoms with E-state index in [2.05, 4.69) is 26.1 Å². The molecule has 2 fully saturated rings. The molecule has 0 aromatic carbocycles. The Morgan fingerprint density at radius 3 is 2.50 bits per heavy atom. The molecular formula is C15H29NO2. The highest BCUT2D eigenvalue weighted by Crippen LogP contribution is 2.39. The van der Waals surface area contributed by atoms with Gasteiger partial charge in [0.2, 0.25) is 0 Å². The maximum absolute atomic E-state index is 10.6. The van der Waals surface area contributed by atoms with Gasteiger partial charge in [-0.25, -0.2) is 0 Å². The second-order valence-corrected chi connectivity index (χ2v) is 7.17. The normalized spacial score (nSPS) is 35.3. The summed E-state index contributed by atoms with van der Waals surface area (Å²) in [7, 11) is 0. The molecule has 1 heterocycles. The standard InChI is InChI=1S/C15H29NO2/c1-12-10-13(4-9-18-12)16-11-15(17)7-5-14(2,3)6-8-15/h12-13,16-17H,4-11H2,1-3H3. The minimum Gasteiger partial charge on any atom is -0.389 e. The fourth-order valence-electron chi connectivity index (χ4n) is 3.09. The van der Waals surface area contributed by atoms with Crippen LogP contribution in [0.5, 0.6) is 0 Å². The summed E-state index contributed by atoms with van der Waals surface area (Å²) in [5, 5.41) is 14.2. The molecular weight excluding hydrogens is 226 g/mol. The molecule has 3 heteroatoms. The van der Waals surface area contributed by atoms with Gasteiger partial charge in [0, 0.05) is 19.2 Å². The van der Waals surface area contributed by atoms with Gasteiger partial charge in [-0.05, 0) is 50.9 Å². The Labute approximate surface area is 111 Å². The fraction of sp³-hybridized carbons (Fsp3) is 1.00. The summed E-state index contributed by atoms with van der Waals surface area (Å²) in [5.41, 5.74) is -0.0590. The molecule has 0 aromatic heterocycles. The van der Waals surface area contributed by atoms with E-state index in [1.54, 1.807) is 0 Å². The summed E-state index contributed by atoms with van der Waals surface area (Å²) >= 11 is 0. The van der Waals surface area contributed by atoms with Crippen LogP contribution in [-0.2, 0) is 4.74 Å². The van der Waals surface area contributed by atoms with Crippen LogP contribution in [0.2, 0.25) is 0 Å². The molecule has 0 radical (unpaired) electrons. The molecule has 1 aliphatic carbocycles. The minimum absolute atomic E-state index is 0.358. The lowest BCUT2D eigenvalue weighted by Gasteiger charge is -2.41. The van der Waals surface area contributed by atoms with Gasteiger partial charge in [-0.1, -0.05) is 13.8 Å². The van der Waals surface area contributed by atoms with Gasteiger partial charge in [0.15, 0.2) is 0 Å². The van der Waals surface area contributed by atoms with E-state index in [1.165, 1.54) is 0 Å². The zero-order chi connectivity index (χ0) is 13.2. The van der Waals surface area contributed by atoms with Gasteiger partial charge in [-0.15, -0.1) is 0 Å². The molecule has 2 N–H and O–H groups in total. The number of aliphatic hydroxyl groups is 1. The summed E-state index contributed by atoms with van der Waals surface area (Å²) in [6, 6.07) is 0.521. The first kappa shape index (κ1) is 14.3. The van der Waals surface area contributed by atoms with Crippen molar-refractivity contribution >= 4 is 0 Å². The average molecular weight is 255 g/mol. The van der Waals surface area contributed by atoms with Crippen LogP contribution >= 0.6 is 0 Å². The van der Waals surface area contributed by atoms with Gasteiger partial charge in [0.05, 0.1) is 11.7 Å². The summed E-state index contributed by atoms with van der Waals surface area (Å²) < 4.78 is 5.55. The van der Waals surface area contributed by atoms with Crippen molar-refractivity contribution in [2.45, 2.75) is 77.0 Å². The molecule has 2 rings (SSSR count). The zero-order valence-electron chi connectivity index (χ0n) is 12.2. The first-order valence-electron chi connectivity index (χ1n) is 7.46. The molecule has 2 aliphatic rings. The van der Waals surface area contributed by atoms with Crippen LogP contribution in [0.15, 0.2) is 0 Å². The molecule has 106 valence electrons. The number of rotatable bonds is 3. The highest BCUT2D eigenvalue weighted by atomic mass is 16.5. The lowest BCUT2D eigenvalue weighted by atomic mass is 9.71. The van der Waals surface area contributed by atoms with E-state index in [4.69, 9.17) is 4.74 Å². The van der Waals surface area contributed by atoms with Gasteiger partial charge in [0.25, 0.3) is 0 Å². The van der Waals surface area contributed by atoms with Crippen LogP contribution in [0, 0.1) is 5.41 Å². The van der Waals surface area contributed by atoms with E-state index in [0.717, 1.165) is 51.7 Å². The first-order chi connectivity index (χ1) is 8.39. The Morgan fingerprint density at radius 1 is 1.22 bits per heavy atom. The molecule has 3 nitrogen and oxygen atoms in total. The fourth-order valence-corrected chi connectivity index (χ4v) is 3.09. The second-order valence-electron chi connectivity index (χ2n) is 7.17. The first-order valence-corrected chi connectivity index (χ1v) is 7.46. The average Bonchev–Trinajstić information content (AvgIpc) is 2.32. The van der Waals surface area contributed by atoms with E-state index in [1.807, 2.05) is 0 Å². The Morgan fingerprint density at radius 2 is 1.89 bits per heavy atom. The van der Waals surface area contributed by atoms with E-state index < -0.39 is 5.60 Å². The SMILES string of the molecule is CC1CC(NCC2(O)CCC(C)(C)CC2)CCO1. The number of hydrogen-bond donors (Lipinski definition) is 2. The van der Waals surface area contributed by atoms with Gasteiger partial charge < -0.3 is 15.2 Å². The van der Waals surface area contributed by atoms with Crippen molar-refractivity contribution in [1.29, 1.82) is 0 Å². The van der Waals surface area contributed by atoms with Gasteiger partial charge >= 0.3 is 0 Å². The maximum atomic E-state index is 10.6. The lowest BCUT2D eigenvalue weighted by Crippen LogP contribution is -2.49. The summed E-state index contributed by atoms with van der Waals surface area (Å²) in [6.45, 7) is 8.34. The van der Waals surface area contributed by atoms with Crippen molar-refractivity contribution < 1.29 is 9.84 Å². The highest BCUT2D eigenvalue weighted by Gasteiger charge is 2.36. The molecule has 1 aliphatic heterocycles. The molecule has 0 bridgehead atoms. The molecule has 18 heavy (non-hydrogen) atoms. The molecule has 0 spiro atoms. The van der Waals surface area contributed by atoms with Gasteiger partial charge in [-0.2, -0.15) is 0 Å². The third-order valence-electron chi connectivity index (χ3n) is 4.74. The maximum Gasteiger partial charge on any atom is 0.0772 e. The number of nitrogens with one attached hydrogen (secondary N) is 1. The molecule has 0 aromatic rings. The summed E-state index contributed by atoms with van der Waals surface area (Å²) in [5.74, 6) is 0. The Hall–Kier alpha value is -0.120. The smallest absolute Gasteiger partial charge is 0.0772 e. The van der Waals surface area contributed by atoms with E-state index in [0.29, 0.717) is 17.6 Å². The van der Waals surface area contributed by atoms with Crippen LogP contribution in [0.1, 0.15) is 59.3 Å². The molecule has 2 atom stereocenters. The summed E-state index contributed by atoms with van der Waals surface area (Å²) in [6.07, 6.45) is 6.65. The summed E-state index contributed by atoms with van der Waals surface area (Å²) in [4.78, 5) is 0. The van der Waals surface area contributed by atoms with E-state index >= 15 is 0 Å². The van der Waals surface area contributed by atoms with Crippen molar-refractivity contribution in [3.05, 3.63) is 0 Å². The van der Waals surface area contributed by atoms with E-state index in [-0.39, 0.29) is 0 Å². The third kappa shape index (κ3) is 3.94. The molecule has 0 amide bonds. The number of ether oxygens (including phenoxy) is 1. The van der Waals surface area contributed by atoms with Crippen molar-refractivity contribution in [1.82, 2.24) is 5.32 Å². The van der Waals surface area contributed by atoms with Crippen molar-refractivity contribution in [2.24, 2.45) is 5.41 Å². The molecule has 1 saturated carbocycles. The van der Waals surface area contributed by atoms with Crippen molar-refractivity contribution in [2.75, 3.05) is 13.2 Å². The topological polar surface area (TPSA) is 41.5 Å².